The van der Waals surface area contributed by atoms with Crippen LogP contribution < -0.4 is 10.6 Å². The molecule has 0 unspecified atom stereocenters. The number of aromatic nitrogens is 3. The minimum absolute atomic E-state index is 0.254. The topological polar surface area (TPSA) is 78.0 Å². The molecule has 1 fully saturated rings. The largest absolute Gasteiger partial charge is 0.357 e. The smallest absolute Gasteiger partial charge is 0.191 e. The van der Waals surface area contributed by atoms with Gasteiger partial charge >= 0.3 is 0 Å². The molecule has 3 aromatic rings. The Bertz CT molecular complexity index is 913. The molecule has 1 aliphatic rings. The van der Waals surface area contributed by atoms with E-state index in [1.807, 2.05) is 12.1 Å². The zero-order valence-electron chi connectivity index (χ0n) is 16.2. The normalized spacial score (nSPS) is 15.2. The molecule has 0 amide bonds. The molecule has 0 spiro atoms. The first-order chi connectivity index (χ1) is 13.8. The molecule has 0 saturated heterocycles. The van der Waals surface area contributed by atoms with Gasteiger partial charge in [-0.05, 0) is 37.0 Å². The van der Waals surface area contributed by atoms with Crippen LogP contribution >= 0.6 is 0 Å². The SMILES string of the molecule is CCNC(=NCc1cccc(-c2ncn[nH]2)c1)NCC1(c2ccccc2)CC1. The lowest BCUT2D eigenvalue weighted by Crippen LogP contribution is -2.41. The summed E-state index contributed by atoms with van der Waals surface area (Å²) < 4.78 is 0. The van der Waals surface area contributed by atoms with E-state index in [1.165, 1.54) is 24.7 Å². The van der Waals surface area contributed by atoms with E-state index in [0.29, 0.717) is 6.54 Å². The molecule has 1 saturated carbocycles. The molecule has 4 rings (SSSR count). The summed E-state index contributed by atoms with van der Waals surface area (Å²) in [4.78, 5) is 9.00. The molecule has 144 valence electrons. The summed E-state index contributed by atoms with van der Waals surface area (Å²) >= 11 is 0. The standard InChI is InChI=1S/C22H26N6/c1-2-23-21(25-15-22(11-12-22)19-9-4-3-5-10-19)24-14-17-7-6-8-18(13-17)20-26-16-27-28-20/h3-10,13,16H,2,11-12,14-15H2,1H3,(H2,23,24,25)(H,26,27,28). The van der Waals surface area contributed by atoms with Crippen molar-refractivity contribution in [2.75, 3.05) is 13.1 Å². The lowest BCUT2D eigenvalue weighted by atomic mass is 9.96. The Kier molecular flexibility index (Phi) is 5.37. The van der Waals surface area contributed by atoms with E-state index in [4.69, 9.17) is 4.99 Å². The van der Waals surface area contributed by atoms with Gasteiger partial charge in [-0.3, -0.25) is 5.10 Å². The predicted molar refractivity (Wildman–Crippen MR) is 112 cm³/mol. The summed E-state index contributed by atoms with van der Waals surface area (Å²) in [5.41, 5.74) is 3.82. The fourth-order valence-electron chi connectivity index (χ4n) is 3.44. The van der Waals surface area contributed by atoms with Gasteiger partial charge in [-0.15, -0.1) is 0 Å². The second-order valence-electron chi connectivity index (χ2n) is 7.23. The van der Waals surface area contributed by atoms with Crippen molar-refractivity contribution in [3.05, 3.63) is 72.1 Å². The molecule has 0 atom stereocenters. The van der Waals surface area contributed by atoms with Crippen molar-refractivity contribution >= 4 is 5.96 Å². The Morgan fingerprint density at radius 1 is 1.11 bits per heavy atom. The lowest BCUT2D eigenvalue weighted by Gasteiger charge is -2.19. The number of hydrogen-bond donors (Lipinski definition) is 3. The molecule has 0 aliphatic heterocycles. The predicted octanol–water partition coefficient (Wildman–Crippen LogP) is 3.26. The number of rotatable bonds is 7. The number of aliphatic imine (C=N–C) groups is 1. The van der Waals surface area contributed by atoms with Gasteiger partial charge in [-0.25, -0.2) is 9.98 Å². The van der Waals surface area contributed by atoms with Crippen LogP contribution in [0.2, 0.25) is 0 Å². The monoisotopic (exact) mass is 374 g/mol. The first-order valence-corrected chi connectivity index (χ1v) is 9.81. The Morgan fingerprint density at radius 2 is 1.96 bits per heavy atom. The summed E-state index contributed by atoms with van der Waals surface area (Å²) in [6.07, 6.45) is 3.97. The van der Waals surface area contributed by atoms with E-state index in [1.54, 1.807) is 0 Å². The van der Waals surface area contributed by atoms with Crippen LogP contribution in [0.4, 0.5) is 0 Å². The number of hydrogen-bond acceptors (Lipinski definition) is 3. The molecular formula is C22H26N6. The van der Waals surface area contributed by atoms with Gasteiger partial charge in [0.15, 0.2) is 11.8 Å². The molecule has 3 N–H and O–H groups in total. The second kappa shape index (κ2) is 8.25. The van der Waals surface area contributed by atoms with Crippen LogP contribution in [-0.4, -0.2) is 34.2 Å². The molecule has 6 heteroatoms. The molecule has 1 aromatic heterocycles. The van der Waals surface area contributed by atoms with Crippen molar-refractivity contribution in [2.24, 2.45) is 4.99 Å². The molecule has 1 aliphatic carbocycles. The van der Waals surface area contributed by atoms with Crippen LogP contribution in [0.1, 0.15) is 30.9 Å². The van der Waals surface area contributed by atoms with Gasteiger partial charge in [0.05, 0.1) is 6.54 Å². The Morgan fingerprint density at radius 3 is 2.68 bits per heavy atom. The molecule has 0 radical (unpaired) electrons. The van der Waals surface area contributed by atoms with Gasteiger partial charge in [0, 0.05) is 24.1 Å². The third kappa shape index (κ3) is 4.22. The number of nitrogens with zero attached hydrogens (tertiary/aromatic N) is 3. The van der Waals surface area contributed by atoms with Crippen molar-refractivity contribution in [2.45, 2.75) is 31.7 Å². The van der Waals surface area contributed by atoms with E-state index < -0.39 is 0 Å². The zero-order valence-corrected chi connectivity index (χ0v) is 16.2. The van der Waals surface area contributed by atoms with Crippen molar-refractivity contribution in [3.8, 4) is 11.4 Å². The quantitative estimate of drug-likeness (QED) is 0.438. The minimum Gasteiger partial charge on any atom is -0.357 e. The van der Waals surface area contributed by atoms with Gasteiger partial charge in [-0.2, -0.15) is 5.10 Å². The van der Waals surface area contributed by atoms with Crippen molar-refractivity contribution < 1.29 is 0 Å². The van der Waals surface area contributed by atoms with Crippen LogP contribution in [0.25, 0.3) is 11.4 Å². The number of H-pyrrole nitrogens is 1. The van der Waals surface area contributed by atoms with Crippen LogP contribution in [0.15, 0.2) is 65.9 Å². The highest BCUT2D eigenvalue weighted by atomic mass is 15.2. The van der Waals surface area contributed by atoms with Crippen LogP contribution in [-0.2, 0) is 12.0 Å². The van der Waals surface area contributed by atoms with Crippen LogP contribution in [0, 0.1) is 0 Å². The molecular weight excluding hydrogens is 348 g/mol. The molecule has 0 bridgehead atoms. The second-order valence-corrected chi connectivity index (χ2v) is 7.23. The maximum absolute atomic E-state index is 4.78. The van der Waals surface area contributed by atoms with Gasteiger partial charge in [0.1, 0.15) is 6.33 Å². The lowest BCUT2D eigenvalue weighted by molar-refractivity contribution is 0.646. The van der Waals surface area contributed by atoms with E-state index in [9.17, 15) is 0 Å². The summed E-state index contributed by atoms with van der Waals surface area (Å²) in [5.74, 6) is 1.63. The van der Waals surface area contributed by atoms with E-state index in [0.717, 1.165) is 36.0 Å². The van der Waals surface area contributed by atoms with Crippen molar-refractivity contribution in [1.82, 2.24) is 25.8 Å². The average Bonchev–Trinajstić information content (AvgIpc) is 3.33. The maximum atomic E-state index is 4.78. The van der Waals surface area contributed by atoms with E-state index >= 15 is 0 Å². The van der Waals surface area contributed by atoms with Crippen LogP contribution in [0.5, 0.6) is 0 Å². The summed E-state index contributed by atoms with van der Waals surface area (Å²) in [7, 11) is 0. The average molecular weight is 374 g/mol. The third-order valence-corrected chi connectivity index (χ3v) is 5.21. The molecule has 6 nitrogen and oxygen atoms in total. The Balaban J connectivity index is 1.42. The summed E-state index contributed by atoms with van der Waals surface area (Å²) in [5, 5.41) is 13.7. The van der Waals surface area contributed by atoms with E-state index in [2.05, 4.69) is 75.2 Å². The van der Waals surface area contributed by atoms with Gasteiger partial charge in [-0.1, -0.05) is 48.5 Å². The first kappa shape index (κ1) is 18.2. The fraction of sp³-hybridized carbons (Fsp3) is 0.318. The minimum atomic E-state index is 0.254. The Labute approximate surface area is 165 Å². The Hall–Kier alpha value is -3.15. The highest BCUT2D eigenvalue weighted by Crippen LogP contribution is 2.47. The maximum Gasteiger partial charge on any atom is 0.191 e. The van der Waals surface area contributed by atoms with Crippen LogP contribution in [0.3, 0.4) is 0 Å². The molecule has 2 aromatic carbocycles. The number of benzene rings is 2. The van der Waals surface area contributed by atoms with Gasteiger partial charge < -0.3 is 10.6 Å². The van der Waals surface area contributed by atoms with Gasteiger partial charge in [0.25, 0.3) is 0 Å². The number of nitrogens with one attached hydrogen (secondary N) is 3. The van der Waals surface area contributed by atoms with Crippen molar-refractivity contribution in [1.29, 1.82) is 0 Å². The molecule has 28 heavy (non-hydrogen) atoms. The number of guanidine groups is 1. The highest BCUT2D eigenvalue weighted by molar-refractivity contribution is 5.80. The van der Waals surface area contributed by atoms with E-state index in [-0.39, 0.29) is 5.41 Å². The summed E-state index contributed by atoms with van der Waals surface area (Å²) in [6.45, 7) is 4.44. The highest BCUT2D eigenvalue weighted by Gasteiger charge is 2.43. The van der Waals surface area contributed by atoms with Gasteiger partial charge in [0.2, 0.25) is 0 Å². The zero-order chi connectivity index (χ0) is 19.2. The molecule has 1 heterocycles. The third-order valence-electron chi connectivity index (χ3n) is 5.21. The van der Waals surface area contributed by atoms with Crippen molar-refractivity contribution in [3.63, 3.8) is 0 Å². The first-order valence-electron chi connectivity index (χ1n) is 9.81. The summed E-state index contributed by atoms with van der Waals surface area (Å²) in [6, 6.07) is 19.0. The number of aromatic amines is 1. The fourth-order valence-corrected chi connectivity index (χ4v) is 3.44.